The maximum atomic E-state index is 12.4. The molecule has 0 spiro atoms. The Hall–Kier alpha value is -3.17. The fourth-order valence-electron chi connectivity index (χ4n) is 2.30. The SMILES string of the molecule is N#Cc1ccc(/C=C2/SC(=O)N(CC(=O)c3ccccc3)C2=O)cc1. The zero-order valence-corrected chi connectivity index (χ0v) is 13.8. The molecule has 2 aromatic carbocycles. The number of hydrogen-bond donors (Lipinski definition) is 0. The van der Waals surface area contributed by atoms with Crippen LogP contribution >= 0.6 is 11.8 Å². The van der Waals surface area contributed by atoms with Crippen molar-refractivity contribution in [3.8, 4) is 6.07 Å². The fraction of sp³-hybridized carbons (Fsp3) is 0.0526. The van der Waals surface area contributed by atoms with Crippen molar-refractivity contribution < 1.29 is 14.4 Å². The van der Waals surface area contributed by atoms with E-state index in [0.717, 1.165) is 16.7 Å². The first-order valence-corrected chi connectivity index (χ1v) is 8.24. The number of amides is 2. The van der Waals surface area contributed by atoms with Crippen LogP contribution < -0.4 is 0 Å². The van der Waals surface area contributed by atoms with Crippen LogP contribution in [0, 0.1) is 11.3 Å². The number of nitrogens with zero attached hydrogens (tertiary/aromatic N) is 2. The van der Waals surface area contributed by atoms with Gasteiger partial charge in [-0.05, 0) is 35.5 Å². The first-order chi connectivity index (χ1) is 12.1. The Morgan fingerprint density at radius 2 is 1.76 bits per heavy atom. The summed E-state index contributed by atoms with van der Waals surface area (Å²) in [6, 6.07) is 17.2. The van der Waals surface area contributed by atoms with Crippen molar-refractivity contribution in [1.82, 2.24) is 4.90 Å². The molecule has 2 aromatic rings. The Balaban J connectivity index is 1.76. The molecule has 0 aliphatic carbocycles. The highest BCUT2D eigenvalue weighted by Gasteiger charge is 2.36. The lowest BCUT2D eigenvalue weighted by Gasteiger charge is -2.11. The quantitative estimate of drug-likeness (QED) is 0.624. The summed E-state index contributed by atoms with van der Waals surface area (Å²) < 4.78 is 0. The number of ketones is 1. The molecule has 0 saturated carbocycles. The highest BCUT2D eigenvalue weighted by atomic mass is 32.2. The Morgan fingerprint density at radius 1 is 1.08 bits per heavy atom. The second-order valence-corrected chi connectivity index (χ2v) is 6.28. The zero-order chi connectivity index (χ0) is 17.8. The smallest absolute Gasteiger partial charge is 0.292 e. The third kappa shape index (κ3) is 3.67. The number of nitriles is 1. The number of imide groups is 1. The van der Waals surface area contributed by atoms with E-state index >= 15 is 0 Å². The molecule has 0 N–H and O–H groups in total. The van der Waals surface area contributed by atoms with Crippen LogP contribution in [0.4, 0.5) is 4.79 Å². The van der Waals surface area contributed by atoms with Crippen LogP contribution in [0.3, 0.4) is 0 Å². The number of Topliss-reactive ketones (excluding diaryl/α,β-unsaturated/α-hetero) is 1. The molecule has 1 fully saturated rings. The van der Waals surface area contributed by atoms with E-state index < -0.39 is 11.1 Å². The first kappa shape index (κ1) is 16.7. The van der Waals surface area contributed by atoms with Crippen molar-refractivity contribution in [1.29, 1.82) is 5.26 Å². The van der Waals surface area contributed by atoms with Gasteiger partial charge in [0.1, 0.15) is 0 Å². The Morgan fingerprint density at radius 3 is 2.40 bits per heavy atom. The van der Waals surface area contributed by atoms with Gasteiger partial charge < -0.3 is 0 Å². The minimum absolute atomic E-state index is 0.260. The molecule has 3 rings (SSSR count). The second-order valence-electron chi connectivity index (χ2n) is 5.29. The standard InChI is InChI=1S/C19H12N2O3S/c20-11-14-8-6-13(7-9-14)10-17-18(23)21(19(24)25-17)12-16(22)15-4-2-1-3-5-15/h1-10H,12H2/b17-10+. The van der Waals surface area contributed by atoms with Crippen LogP contribution in [0.25, 0.3) is 6.08 Å². The number of thioether (sulfide) groups is 1. The number of hydrogen-bond acceptors (Lipinski definition) is 5. The van der Waals surface area contributed by atoms with Gasteiger partial charge in [-0.2, -0.15) is 5.26 Å². The molecule has 1 aliphatic heterocycles. The Labute approximate surface area is 148 Å². The lowest BCUT2D eigenvalue weighted by atomic mass is 10.1. The van der Waals surface area contributed by atoms with Crippen LogP contribution in [-0.4, -0.2) is 28.4 Å². The molecule has 0 unspecified atom stereocenters. The van der Waals surface area contributed by atoms with Gasteiger partial charge in [-0.3, -0.25) is 19.3 Å². The van der Waals surface area contributed by atoms with E-state index in [-0.39, 0.29) is 17.2 Å². The molecule has 1 heterocycles. The van der Waals surface area contributed by atoms with E-state index in [1.54, 1.807) is 60.7 Å². The van der Waals surface area contributed by atoms with Gasteiger partial charge in [-0.15, -0.1) is 0 Å². The van der Waals surface area contributed by atoms with Gasteiger partial charge in [0.15, 0.2) is 5.78 Å². The summed E-state index contributed by atoms with van der Waals surface area (Å²) in [6.07, 6.45) is 1.58. The molecule has 6 heteroatoms. The summed E-state index contributed by atoms with van der Waals surface area (Å²) in [5.41, 5.74) is 1.68. The van der Waals surface area contributed by atoms with Crippen molar-refractivity contribution in [3.63, 3.8) is 0 Å². The molecule has 0 aromatic heterocycles. The monoisotopic (exact) mass is 348 g/mol. The van der Waals surface area contributed by atoms with Crippen molar-refractivity contribution in [2.45, 2.75) is 0 Å². The third-order valence-electron chi connectivity index (χ3n) is 3.61. The maximum Gasteiger partial charge on any atom is 0.293 e. The molecular formula is C19H12N2O3S. The lowest BCUT2D eigenvalue weighted by molar-refractivity contribution is -0.122. The zero-order valence-electron chi connectivity index (χ0n) is 13.0. The fourth-order valence-corrected chi connectivity index (χ4v) is 3.14. The van der Waals surface area contributed by atoms with Crippen LogP contribution in [-0.2, 0) is 4.79 Å². The van der Waals surface area contributed by atoms with Crippen molar-refractivity contribution in [2.75, 3.05) is 6.54 Å². The van der Waals surface area contributed by atoms with Gasteiger partial charge in [0.25, 0.3) is 11.1 Å². The summed E-state index contributed by atoms with van der Waals surface area (Å²) in [6.45, 7) is -0.278. The van der Waals surface area contributed by atoms with Crippen LogP contribution in [0.15, 0.2) is 59.5 Å². The Kier molecular flexibility index (Phi) is 4.78. The van der Waals surface area contributed by atoms with Gasteiger partial charge >= 0.3 is 0 Å². The summed E-state index contributed by atoms with van der Waals surface area (Å²) in [5.74, 6) is -0.772. The predicted octanol–water partition coefficient (Wildman–Crippen LogP) is 3.48. The van der Waals surface area contributed by atoms with Gasteiger partial charge in [0, 0.05) is 5.56 Å². The van der Waals surface area contributed by atoms with E-state index in [0.29, 0.717) is 16.7 Å². The minimum Gasteiger partial charge on any atom is -0.292 e. The van der Waals surface area contributed by atoms with E-state index in [1.165, 1.54) is 0 Å². The normalized spacial score (nSPS) is 15.5. The first-order valence-electron chi connectivity index (χ1n) is 7.42. The topological polar surface area (TPSA) is 78.2 Å². The summed E-state index contributed by atoms with van der Waals surface area (Å²) in [7, 11) is 0. The number of rotatable bonds is 4. The van der Waals surface area contributed by atoms with Crippen molar-refractivity contribution >= 4 is 34.8 Å². The van der Waals surface area contributed by atoms with Crippen molar-refractivity contribution in [3.05, 3.63) is 76.2 Å². The van der Waals surface area contributed by atoms with Gasteiger partial charge in [-0.1, -0.05) is 42.5 Å². The summed E-state index contributed by atoms with van der Waals surface area (Å²) >= 11 is 0.805. The number of carbonyl (C=O) groups excluding carboxylic acids is 3. The van der Waals surface area contributed by atoms with Crippen LogP contribution in [0.2, 0.25) is 0 Å². The molecule has 5 nitrogen and oxygen atoms in total. The summed E-state index contributed by atoms with van der Waals surface area (Å²) in [5, 5.41) is 8.33. The number of benzene rings is 2. The van der Waals surface area contributed by atoms with Crippen LogP contribution in [0.1, 0.15) is 21.5 Å². The van der Waals surface area contributed by atoms with Gasteiger partial charge in [0.05, 0.1) is 23.1 Å². The molecule has 2 amide bonds. The molecule has 1 aliphatic rings. The lowest BCUT2D eigenvalue weighted by Crippen LogP contribution is -2.33. The van der Waals surface area contributed by atoms with E-state index in [2.05, 4.69) is 0 Å². The third-order valence-corrected chi connectivity index (χ3v) is 4.52. The van der Waals surface area contributed by atoms with Crippen molar-refractivity contribution in [2.24, 2.45) is 0 Å². The molecule has 0 bridgehead atoms. The highest BCUT2D eigenvalue weighted by molar-refractivity contribution is 8.18. The van der Waals surface area contributed by atoms with Gasteiger partial charge in [-0.25, -0.2) is 0 Å². The van der Waals surface area contributed by atoms with Crippen LogP contribution in [0.5, 0.6) is 0 Å². The maximum absolute atomic E-state index is 12.4. The van der Waals surface area contributed by atoms with Gasteiger partial charge in [0.2, 0.25) is 0 Å². The molecule has 0 atom stereocenters. The average Bonchev–Trinajstić information content (AvgIpc) is 2.90. The molecular weight excluding hydrogens is 336 g/mol. The highest BCUT2D eigenvalue weighted by Crippen LogP contribution is 2.32. The molecule has 1 saturated heterocycles. The Bertz CT molecular complexity index is 912. The molecule has 0 radical (unpaired) electrons. The second kappa shape index (κ2) is 7.16. The minimum atomic E-state index is -0.483. The van der Waals surface area contributed by atoms with E-state index in [1.807, 2.05) is 6.07 Å². The largest absolute Gasteiger partial charge is 0.293 e. The molecule has 25 heavy (non-hydrogen) atoms. The number of carbonyl (C=O) groups is 3. The average molecular weight is 348 g/mol. The van der Waals surface area contributed by atoms with E-state index in [9.17, 15) is 14.4 Å². The van der Waals surface area contributed by atoms with E-state index in [4.69, 9.17) is 5.26 Å². The predicted molar refractivity (Wildman–Crippen MR) is 94.6 cm³/mol. The summed E-state index contributed by atoms with van der Waals surface area (Å²) in [4.78, 5) is 37.9. The molecule has 122 valence electrons.